The fraction of sp³-hybridized carbons (Fsp3) is 0.727. The van der Waals surface area contributed by atoms with E-state index in [1.807, 2.05) is 0 Å². The van der Waals surface area contributed by atoms with E-state index in [0.717, 1.165) is 18.1 Å². The normalized spacial score (nSPS) is 37.0. The minimum Gasteiger partial charge on any atom is -0.411 e. The van der Waals surface area contributed by atoms with Gasteiger partial charge in [-0.1, -0.05) is 24.1 Å². The summed E-state index contributed by atoms with van der Waals surface area (Å²) >= 11 is 0. The molecule has 0 saturated heterocycles. The summed E-state index contributed by atoms with van der Waals surface area (Å²) < 4.78 is 0. The van der Waals surface area contributed by atoms with Gasteiger partial charge in [0.15, 0.2) is 0 Å². The zero-order chi connectivity index (χ0) is 9.26. The molecule has 2 aliphatic rings. The van der Waals surface area contributed by atoms with Gasteiger partial charge in [0, 0.05) is 0 Å². The van der Waals surface area contributed by atoms with Crippen LogP contribution in [-0.2, 0) is 0 Å². The van der Waals surface area contributed by atoms with E-state index in [0.29, 0.717) is 5.92 Å². The first-order valence-electron chi connectivity index (χ1n) is 5.22. The first-order chi connectivity index (χ1) is 6.31. The predicted molar refractivity (Wildman–Crippen MR) is 53.0 cm³/mol. The molecule has 1 N–H and O–H groups in total. The molecule has 2 aliphatic carbocycles. The number of nitrogens with zero attached hydrogens (tertiary/aromatic N) is 1. The number of fused-ring (bicyclic) bond motifs is 1. The van der Waals surface area contributed by atoms with Crippen LogP contribution < -0.4 is 0 Å². The Hall–Kier alpha value is -0.790. The van der Waals surface area contributed by atoms with Crippen molar-refractivity contribution in [2.24, 2.45) is 17.0 Å². The van der Waals surface area contributed by atoms with Crippen molar-refractivity contribution in [2.45, 2.75) is 39.0 Å². The second kappa shape index (κ2) is 3.52. The van der Waals surface area contributed by atoms with Crippen LogP contribution in [0, 0.1) is 11.8 Å². The number of hydrogen-bond donors (Lipinski definition) is 1. The number of oxime groups is 1. The van der Waals surface area contributed by atoms with Crippen molar-refractivity contribution in [3.63, 3.8) is 0 Å². The molecule has 0 aromatic rings. The van der Waals surface area contributed by atoms with Crippen LogP contribution >= 0.6 is 0 Å². The van der Waals surface area contributed by atoms with Crippen LogP contribution in [0.4, 0.5) is 0 Å². The summed E-state index contributed by atoms with van der Waals surface area (Å²) in [5.41, 5.74) is 2.40. The molecule has 0 heterocycles. The molecule has 2 rings (SSSR count). The fourth-order valence-electron chi connectivity index (χ4n) is 2.71. The molecule has 0 aromatic carbocycles. The lowest BCUT2D eigenvalue weighted by molar-refractivity contribution is 0.304. The van der Waals surface area contributed by atoms with Crippen LogP contribution in [0.5, 0.6) is 0 Å². The van der Waals surface area contributed by atoms with Gasteiger partial charge in [0.25, 0.3) is 0 Å². The van der Waals surface area contributed by atoms with E-state index in [-0.39, 0.29) is 0 Å². The average Bonchev–Trinajstić information content (AvgIpc) is 2.18. The summed E-state index contributed by atoms with van der Waals surface area (Å²) in [6.07, 6.45) is 8.31. The van der Waals surface area contributed by atoms with Crippen molar-refractivity contribution in [1.29, 1.82) is 0 Å². The standard InChI is InChI=1S/C11H17NO/c1-8-6-10(12-13)7-9-4-2-3-5-11(8)9/h7-8,11,13H,2-6H2,1H3/b12-10+/t8-,11-/m0/s1. The Morgan fingerprint density at radius 2 is 2.31 bits per heavy atom. The summed E-state index contributed by atoms with van der Waals surface area (Å²) in [6, 6.07) is 0. The highest BCUT2D eigenvalue weighted by molar-refractivity contribution is 5.96. The number of hydrogen-bond acceptors (Lipinski definition) is 2. The molecule has 0 aromatic heterocycles. The molecule has 13 heavy (non-hydrogen) atoms. The lowest BCUT2D eigenvalue weighted by atomic mass is 9.71. The van der Waals surface area contributed by atoms with Gasteiger partial charge in [-0.3, -0.25) is 0 Å². The zero-order valence-corrected chi connectivity index (χ0v) is 8.16. The molecule has 1 saturated carbocycles. The Balaban J connectivity index is 2.23. The van der Waals surface area contributed by atoms with Crippen LogP contribution in [0.1, 0.15) is 39.0 Å². The lowest BCUT2D eigenvalue weighted by Gasteiger charge is -2.34. The van der Waals surface area contributed by atoms with Crippen LogP contribution in [0.15, 0.2) is 16.8 Å². The molecule has 1 fully saturated rings. The maximum atomic E-state index is 8.74. The Kier molecular flexibility index (Phi) is 2.38. The van der Waals surface area contributed by atoms with Gasteiger partial charge in [-0.25, -0.2) is 0 Å². The van der Waals surface area contributed by atoms with E-state index < -0.39 is 0 Å². The van der Waals surface area contributed by atoms with E-state index in [9.17, 15) is 0 Å². The van der Waals surface area contributed by atoms with Gasteiger partial charge in [0.1, 0.15) is 0 Å². The molecule has 0 unspecified atom stereocenters. The Morgan fingerprint density at radius 1 is 1.46 bits per heavy atom. The van der Waals surface area contributed by atoms with Gasteiger partial charge in [0.2, 0.25) is 0 Å². The van der Waals surface area contributed by atoms with E-state index >= 15 is 0 Å². The predicted octanol–water partition coefficient (Wildman–Crippen LogP) is 2.97. The zero-order valence-electron chi connectivity index (χ0n) is 8.16. The molecule has 2 nitrogen and oxygen atoms in total. The van der Waals surface area contributed by atoms with Crippen LogP contribution in [0.2, 0.25) is 0 Å². The second-order valence-electron chi connectivity index (χ2n) is 4.34. The largest absolute Gasteiger partial charge is 0.411 e. The summed E-state index contributed by atoms with van der Waals surface area (Å²) in [6.45, 7) is 2.27. The Bertz CT molecular complexity index is 255. The van der Waals surface area contributed by atoms with Crippen molar-refractivity contribution in [3.8, 4) is 0 Å². The quantitative estimate of drug-likeness (QED) is 0.450. The maximum Gasteiger partial charge on any atom is 0.0798 e. The third kappa shape index (κ3) is 1.62. The second-order valence-corrected chi connectivity index (χ2v) is 4.34. The van der Waals surface area contributed by atoms with Gasteiger partial charge in [-0.05, 0) is 43.6 Å². The molecule has 0 aliphatic heterocycles. The molecule has 0 bridgehead atoms. The van der Waals surface area contributed by atoms with E-state index in [1.165, 1.54) is 31.3 Å². The van der Waals surface area contributed by atoms with Crippen LogP contribution in [0.25, 0.3) is 0 Å². The van der Waals surface area contributed by atoms with Crippen LogP contribution in [0.3, 0.4) is 0 Å². The first-order valence-corrected chi connectivity index (χ1v) is 5.22. The topological polar surface area (TPSA) is 32.6 Å². The van der Waals surface area contributed by atoms with Crippen molar-refractivity contribution in [1.82, 2.24) is 0 Å². The van der Waals surface area contributed by atoms with E-state index in [1.54, 1.807) is 0 Å². The highest BCUT2D eigenvalue weighted by atomic mass is 16.4. The smallest absolute Gasteiger partial charge is 0.0798 e. The first kappa shape index (κ1) is 8.79. The van der Waals surface area contributed by atoms with Gasteiger partial charge in [0.05, 0.1) is 5.71 Å². The van der Waals surface area contributed by atoms with Crippen molar-refractivity contribution >= 4 is 5.71 Å². The third-order valence-corrected chi connectivity index (χ3v) is 3.41. The third-order valence-electron chi connectivity index (χ3n) is 3.41. The molecule has 0 amide bonds. The van der Waals surface area contributed by atoms with E-state index in [4.69, 9.17) is 5.21 Å². The number of allylic oxidation sites excluding steroid dienone is 2. The van der Waals surface area contributed by atoms with Crippen molar-refractivity contribution < 1.29 is 5.21 Å². The van der Waals surface area contributed by atoms with Gasteiger partial charge in [-0.2, -0.15) is 0 Å². The minimum absolute atomic E-state index is 0.672. The molecular weight excluding hydrogens is 162 g/mol. The SMILES string of the molecule is C[C@H]1C/C(=N\O)C=C2CCCC[C@H]21. The monoisotopic (exact) mass is 179 g/mol. The lowest BCUT2D eigenvalue weighted by Crippen LogP contribution is -2.25. The van der Waals surface area contributed by atoms with Crippen molar-refractivity contribution in [2.75, 3.05) is 0 Å². The van der Waals surface area contributed by atoms with Gasteiger partial charge >= 0.3 is 0 Å². The summed E-state index contributed by atoms with van der Waals surface area (Å²) in [7, 11) is 0. The molecule has 2 heteroatoms. The number of rotatable bonds is 0. The maximum absolute atomic E-state index is 8.74. The fourth-order valence-corrected chi connectivity index (χ4v) is 2.71. The summed E-state index contributed by atoms with van der Waals surface area (Å²) in [4.78, 5) is 0. The average molecular weight is 179 g/mol. The summed E-state index contributed by atoms with van der Waals surface area (Å²) in [5.74, 6) is 1.45. The summed E-state index contributed by atoms with van der Waals surface area (Å²) in [5, 5.41) is 12.1. The Morgan fingerprint density at radius 3 is 3.08 bits per heavy atom. The Labute approximate surface area is 79.3 Å². The van der Waals surface area contributed by atoms with Crippen molar-refractivity contribution in [3.05, 3.63) is 11.6 Å². The molecule has 0 radical (unpaired) electrons. The van der Waals surface area contributed by atoms with Gasteiger partial charge in [-0.15, -0.1) is 0 Å². The highest BCUT2D eigenvalue weighted by Crippen LogP contribution is 2.39. The minimum atomic E-state index is 0.672. The van der Waals surface area contributed by atoms with E-state index in [2.05, 4.69) is 18.2 Å². The molecule has 2 atom stereocenters. The molecule has 72 valence electrons. The van der Waals surface area contributed by atoms with Crippen LogP contribution in [-0.4, -0.2) is 10.9 Å². The molecule has 0 spiro atoms. The van der Waals surface area contributed by atoms with Gasteiger partial charge < -0.3 is 5.21 Å². The molecular formula is C11H17NO. The highest BCUT2D eigenvalue weighted by Gasteiger charge is 2.29.